The number of hydrogen-bond acceptors (Lipinski definition) is 4. The van der Waals surface area contributed by atoms with E-state index in [-0.39, 0.29) is 5.89 Å². The zero-order valence-electron chi connectivity index (χ0n) is 11.2. The third-order valence-corrected chi connectivity index (χ3v) is 2.59. The monoisotopic (exact) mass is 261 g/mol. The number of hydrogen-bond donors (Lipinski definition) is 0. The lowest BCUT2D eigenvalue weighted by Crippen LogP contribution is -2.10. The molecule has 0 bridgehead atoms. The van der Waals surface area contributed by atoms with Gasteiger partial charge in [-0.1, -0.05) is 29.4 Å². The van der Waals surface area contributed by atoms with Crippen molar-refractivity contribution in [2.45, 2.75) is 13.5 Å². The van der Waals surface area contributed by atoms with Gasteiger partial charge in [0.25, 0.3) is 5.89 Å². The summed E-state index contributed by atoms with van der Waals surface area (Å²) in [6.07, 6.45) is 1.29. The van der Waals surface area contributed by atoms with Crippen LogP contribution in [-0.2, 0) is 6.54 Å². The summed E-state index contributed by atoms with van der Waals surface area (Å²) in [6, 6.07) is 7.80. The molecule has 5 heteroatoms. The van der Waals surface area contributed by atoms with Gasteiger partial charge in [-0.2, -0.15) is 4.98 Å². The van der Waals surface area contributed by atoms with Crippen molar-refractivity contribution in [3.63, 3.8) is 0 Å². The van der Waals surface area contributed by atoms with Crippen molar-refractivity contribution in [1.29, 1.82) is 0 Å². The number of nitrogens with zero attached hydrogens (tertiary/aromatic N) is 3. The molecule has 0 saturated heterocycles. The molecule has 0 N–H and O–H groups in total. The van der Waals surface area contributed by atoms with Crippen LogP contribution in [0.25, 0.3) is 17.2 Å². The fraction of sp³-hybridized carbons (Fsp3) is 0.286. The van der Waals surface area contributed by atoms with Gasteiger partial charge in [0, 0.05) is 12.1 Å². The molecule has 0 unspecified atom stereocenters. The first-order valence-corrected chi connectivity index (χ1v) is 6.00. The first-order valence-electron chi connectivity index (χ1n) is 6.00. The predicted molar refractivity (Wildman–Crippen MR) is 71.9 cm³/mol. The van der Waals surface area contributed by atoms with E-state index in [0.717, 1.165) is 12.1 Å². The van der Waals surface area contributed by atoms with Gasteiger partial charge in [0.15, 0.2) is 5.83 Å². The molecule has 19 heavy (non-hydrogen) atoms. The fourth-order valence-corrected chi connectivity index (χ4v) is 1.69. The Morgan fingerprint density at radius 1 is 1.32 bits per heavy atom. The number of halogens is 1. The largest absolute Gasteiger partial charge is 0.331 e. The van der Waals surface area contributed by atoms with E-state index in [4.69, 9.17) is 4.52 Å². The van der Waals surface area contributed by atoms with Gasteiger partial charge in [0.1, 0.15) is 0 Å². The van der Waals surface area contributed by atoms with Crippen LogP contribution in [0.5, 0.6) is 0 Å². The molecule has 0 fully saturated rings. The molecule has 0 aliphatic carbocycles. The second-order valence-electron chi connectivity index (χ2n) is 4.49. The summed E-state index contributed by atoms with van der Waals surface area (Å²) in [6.45, 7) is 2.44. The lowest BCUT2D eigenvalue weighted by atomic mass is 10.1. The molecule has 1 heterocycles. The molecule has 0 aliphatic heterocycles. The highest BCUT2D eigenvalue weighted by molar-refractivity contribution is 5.58. The van der Waals surface area contributed by atoms with Gasteiger partial charge in [0.05, 0.1) is 0 Å². The van der Waals surface area contributed by atoms with Crippen LogP contribution in [0.4, 0.5) is 4.39 Å². The van der Waals surface area contributed by atoms with Crippen molar-refractivity contribution in [2.24, 2.45) is 0 Å². The third-order valence-electron chi connectivity index (χ3n) is 2.59. The maximum absolute atomic E-state index is 13.3. The number of rotatable bonds is 4. The summed E-state index contributed by atoms with van der Waals surface area (Å²) in [7, 11) is 4.03. The summed E-state index contributed by atoms with van der Waals surface area (Å²) in [5.41, 5.74) is 2.00. The van der Waals surface area contributed by atoms with Crippen LogP contribution in [-0.4, -0.2) is 29.1 Å². The standard InChI is InChI=1S/C14H16FN3O/c1-4-12(15)14-16-13(17-19-14)11-7-5-10(6-8-11)9-18(2)3/h4-8H,9H2,1-3H3/b12-4-. The van der Waals surface area contributed by atoms with Crippen LogP contribution in [0, 0.1) is 0 Å². The van der Waals surface area contributed by atoms with Crippen LogP contribution in [0.3, 0.4) is 0 Å². The Hall–Kier alpha value is -2.01. The van der Waals surface area contributed by atoms with E-state index in [1.807, 2.05) is 38.4 Å². The molecule has 1 aromatic carbocycles. The van der Waals surface area contributed by atoms with Gasteiger partial charge in [-0.3, -0.25) is 0 Å². The SMILES string of the molecule is C/C=C(\F)c1nc(-c2ccc(CN(C)C)cc2)no1. The van der Waals surface area contributed by atoms with Gasteiger partial charge >= 0.3 is 0 Å². The van der Waals surface area contributed by atoms with Crippen molar-refractivity contribution in [3.8, 4) is 11.4 Å². The van der Waals surface area contributed by atoms with Crippen LogP contribution >= 0.6 is 0 Å². The zero-order chi connectivity index (χ0) is 13.8. The van der Waals surface area contributed by atoms with Crippen LogP contribution in [0.15, 0.2) is 34.9 Å². The van der Waals surface area contributed by atoms with E-state index in [0.29, 0.717) is 5.82 Å². The third kappa shape index (κ3) is 3.26. The van der Waals surface area contributed by atoms with Gasteiger partial charge < -0.3 is 9.42 Å². The minimum atomic E-state index is -0.511. The predicted octanol–water partition coefficient (Wildman–Crippen LogP) is 3.13. The Labute approximate surface area is 111 Å². The fourth-order valence-electron chi connectivity index (χ4n) is 1.69. The lowest BCUT2D eigenvalue weighted by molar-refractivity contribution is 0.398. The molecule has 2 rings (SSSR count). The first kappa shape index (κ1) is 13.4. The maximum atomic E-state index is 13.3. The topological polar surface area (TPSA) is 42.2 Å². The number of aromatic nitrogens is 2. The van der Waals surface area contributed by atoms with Gasteiger partial charge in [0.2, 0.25) is 5.82 Å². The van der Waals surface area contributed by atoms with Crippen molar-refractivity contribution < 1.29 is 8.91 Å². The van der Waals surface area contributed by atoms with Crippen molar-refractivity contribution in [1.82, 2.24) is 15.0 Å². The summed E-state index contributed by atoms with van der Waals surface area (Å²) in [5.74, 6) is -0.207. The van der Waals surface area contributed by atoms with E-state index in [9.17, 15) is 4.39 Å². The van der Waals surface area contributed by atoms with Gasteiger partial charge in [-0.25, -0.2) is 4.39 Å². The Morgan fingerprint density at radius 2 is 2.00 bits per heavy atom. The Kier molecular flexibility index (Phi) is 4.06. The summed E-state index contributed by atoms with van der Waals surface area (Å²) in [4.78, 5) is 6.10. The molecule has 0 spiro atoms. The summed E-state index contributed by atoms with van der Waals surface area (Å²) >= 11 is 0. The highest BCUT2D eigenvalue weighted by Gasteiger charge is 2.11. The molecule has 4 nitrogen and oxygen atoms in total. The molecule has 1 aromatic heterocycles. The lowest BCUT2D eigenvalue weighted by Gasteiger charge is -2.09. The second kappa shape index (κ2) is 5.75. The maximum Gasteiger partial charge on any atom is 0.286 e. The van der Waals surface area contributed by atoms with Crippen molar-refractivity contribution in [2.75, 3.05) is 14.1 Å². The highest BCUT2D eigenvalue weighted by Crippen LogP contribution is 2.20. The average molecular weight is 261 g/mol. The Balaban J connectivity index is 2.20. The molecule has 0 amide bonds. The second-order valence-corrected chi connectivity index (χ2v) is 4.49. The Bertz CT molecular complexity index is 573. The molecule has 2 aromatic rings. The van der Waals surface area contributed by atoms with E-state index in [1.165, 1.54) is 11.6 Å². The molecule has 100 valence electrons. The van der Waals surface area contributed by atoms with Crippen molar-refractivity contribution in [3.05, 3.63) is 41.8 Å². The first-order chi connectivity index (χ1) is 9.10. The zero-order valence-corrected chi connectivity index (χ0v) is 11.2. The molecule has 0 radical (unpaired) electrons. The summed E-state index contributed by atoms with van der Waals surface area (Å²) in [5, 5.41) is 3.77. The van der Waals surface area contributed by atoms with E-state index >= 15 is 0 Å². The van der Waals surface area contributed by atoms with Gasteiger partial charge in [-0.15, -0.1) is 0 Å². The van der Waals surface area contributed by atoms with E-state index in [1.54, 1.807) is 6.92 Å². The highest BCUT2D eigenvalue weighted by atomic mass is 19.1. The van der Waals surface area contributed by atoms with E-state index < -0.39 is 5.83 Å². The van der Waals surface area contributed by atoms with Crippen molar-refractivity contribution >= 4 is 5.83 Å². The minimum Gasteiger partial charge on any atom is -0.331 e. The molecular formula is C14H16FN3O. The number of benzene rings is 1. The smallest absolute Gasteiger partial charge is 0.286 e. The molecule has 0 atom stereocenters. The quantitative estimate of drug-likeness (QED) is 0.848. The van der Waals surface area contributed by atoms with E-state index in [2.05, 4.69) is 15.0 Å². The minimum absolute atomic E-state index is 0.0881. The summed E-state index contributed by atoms with van der Waals surface area (Å²) < 4.78 is 18.1. The van der Waals surface area contributed by atoms with Gasteiger partial charge in [-0.05, 0) is 32.7 Å². The Morgan fingerprint density at radius 3 is 2.58 bits per heavy atom. The van der Waals surface area contributed by atoms with Crippen LogP contribution < -0.4 is 0 Å². The average Bonchev–Trinajstić information content (AvgIpc) is 2.87. The number of allylic oxidation sites excluding steroid dienone is 1. The molecule has 0 saturated carbocycles. The molecule has 0 aliphatic rings. The van der Waals surface area contributed by atoms with Crippen LogP contribution in [0.2, 0.25) is 0 Å². The normalized spacial score (nSPS) is 12.2. The molecular weight excluding hydrogens is 245 g/mol. The van der Waals surface area contributed by atoms with Crippen LogP contribution in [0.1, 0.15) is 18.4 Å².